The molecule has 0 aromatic heterocycles. The molecule has 0 radical (unpaired) electrons. The lowest BCUT2D eigenvalue weighted by atomic mass is 9.87. The first kappa shape index (κ1) is 24.4. The summed E-state index contributed by atoms with van der Waals surface area (Å²) in [5.74, 6) is 0.104. The highest BCUT2D eigenvalue weighted by molar-refractivity contribution is 5.72. The summed E-state index contributed by atoms with van der Waals surface area (Å²) in [7, 11) is 0. The first-order valence-electron chi connectivity index (χ1n) is 12.1. The van der Waals surface area contributed by atoms with Crippen molar-refractivity contribution in [3.63, 3.8) is 0 Å². The molecule has 0 amide bonds. The Morgan fingerprint density at radius 1 is 0.750 bits per heavy atom. The largest absolute Gasteiger partial charge is 0.478 e. The number of ether oxygens (including phenoxy) is 4. The van der Waals surface area contributed by atoms with E-state index in [4.69, 9.17) is 18.9 Å². The molecule has 2 aliphatic carbocycles. The molecule has 0 bridgehead atoms. The second-order valence-electron chi connectivity index (χ2n) is 9.99. The van der Waals surface area contributed by atoms with E-state index in [1.54, 1.807) is 6.07 Å². The molecule has 178 valence electrons. The third-order valence-corrected chi connectivity index (χ3v) is 6.20. The quantitative estimate of drug-likeness (QED) is 0.492. The lowest BCUT2D eigenvalue weighted by molar-refractivity contribution is -0.154. The van der Waals surface area contributed by atoms with Crippen LogP contribution in [0.3, 0.4) is 0 Å². The molecule has 0 atom stereocenters. The van der Waals surface area contributed by atoms with Crippen molar-refractivity contribution in [2.45, 2.75) is 103 Å². The molecular weight excluding hydrogens is 408 g/mol. The van der Waals surface area contributed by atoms with Crippen LogP contribution in [-0.2, 0) is 24.5 Å². The van der Waals surface area contributed by atoms with Gasteiger partial charge in [-0.2, -0.15) is 0 Å². The number of rotatable bonds is 8. The SMILES string of the molecule is CC(C)(C)c1ccc(OCC(=O)OC2CCCCC2)c(OCC(=O)OC2CCCCC2)c1. The summed E-state index contributed by atoms with van der Waals surface area (Å²) < 4.78 is 22.6. The molecule has 0 aliphatic heterocycles. The molecule has 3 rings (SSSR count). The third kappa shape index (κ3) is 7.72. The van der Waals surface area contributed by atoms with Gasteiger partial charge in [0.15, 0.2) is 24.7 Å². The zero-order chi connectivity index (χ0) is 23.0. The molecule has 2 fully saturated rings. The summed E-state index contributed by atoms with van der Waals surface area (Å²) in [4.78, 5) is 24.6. The van der Waals surface area contributed by atoms with Gasteiger partial charge in [-0.25, -0.2) is 9.59 Å². The van der Waals surface area contributed by atoms with Gasteiger partial charge >= 0.3 is 11.9 Å². The van der Waals surface area contributed by atoms with Gasteiger partial charge in [0.2, 0.25) is 0 Å². The predicted molar refractivity (Wildman–Crippen MR) is 122 cm³/mol. The molecule has 1 aromatic rings. The van der Waals surface area contributed by atoms with E-state index >= 15 is 0 Å². The van der Waals surface area contributed by atoms with Gasteiger partial charge in [0, 0.05) is 0 Å². The fourth-order valence-electron chi connectivity index (χ4n) is 4.29. The van der Waals surface area contributed by atoms with Crippen molar-refractivity contribution in [1.29, 1.82) is 0 Å². The maximum Gasteiger partial charge on any atom is 0.344 e. The molecule has 2 saturated carbocycles. The molecule has 2 aliphatic rings. The zero-order valence-electron chi connectivity index (χ0n) is 19.8. The van der Waals surface area contributed by atoms with Gasteiger partial charge in [-0.1, -0.05) is 39.7 Å². The van der Waals surface area contributed by atoms with E-state index in [0.717, 1.165) is 56.9 Å². The number of benzene rings is 1. The first-order valence-corrected chi connectivity index (χ1v) is 12.1. The van der Waals surface area contributed by atoms with Crippen molar-refractivity contribution in [2.24, 2.45) is 0 Å². The maximum absolute atomic E-state index is 12.3. The second kappa shape index (κ2) is 11.6. The molecule has 0 heterocycles. The molecule has 6 nitrogen and oxygen atoms in total. The van der Waals surface area contributed by atoms with Crippen molar-refractivity contribution in [1.82, 2.24) is 0 Å². The lowest BCUT2D eigenvalue weighted by Gasteiger charge is -2.23. The van der Waals surface area contributed by atoms with Crippen LogP contribution in [0.5, 0.6) is 11.5 Å². The Bertz CT molecular complexity index is 754. The van der Waals surface area contributed by atoms with Crippen LogP contribution in [0.4, 0.5) is 0 Å². The second-order valence-corrected chi connectivity index (χ2v) is 9.99. The molecule has 0 unspecified atom stereocenters. The van der Waals surface area contributed by atoms with Crippen LogP contribution in [-0.4, -0.2) is 37.4 Å². The summed E-state index contributed by atoms with van der Waals surface area (Å²) in [5, 5.41) is 0. The third-order valence-electron chi connectivity index (χ3n) is 6.20. The Kier molecular flexibility index (Phi) is 8.83. The van der Waals surface area contributed by atoms with Gasteiger partial charge in [0.25, 0.3) is 0 Å². The van der Waals surface area contributed by atoms with Crippen molar-refractivity contribution < 1.29 is 28.5 Å². The normalized spacial score (nSPS) is 18.1. The van der Waals surface area contributed by atoms with E-state index < -0.39 is 0 Å². The van der Waals surface area contributed by atoms with E-state index in [0.29, 0.717) is 11.5 Å². The fraction of sp³-hybridized carbons (Fsp3) is 0.692. The minimum Gasteiger partial charge on any atom is -0.478 e. The highest BCUT2D eigenvalue weighted by Crippen LogP contribution is 2.33. The van der Waals surface area contributed by atoms with E-state index in [9.17, 15) is 9.59 Å². The Morgan fingerprint density at radius 3 is 1.69 bits per heavy atom. The van der Waals surface area contributed by atoms with Crippen LogP contribution in [0.2, 0.25) is 0 Å². The standard InChI is InChI=1S/C26H38O6/c1-26(2,3)19-14-15-22(29-17-24(27)31-20-10-6-4-7-11-20)23(16-19)30-18-25(28)32-21-12-8-5-9-13-21/h14-16,20-21H,4-13,17-18H2,1-3H3. The van der Waals surface area contributed by atoms with Gasteiger partial charge in [-0.15, -0.1) is 0 Å². The zero-order valence-corrected chi connectivity index (χ0v) is 19.8. The van der Waals surface area contributed by atoms with Crippen molar-refractivity contribution in [2.75, 3.05) is 13.2 Å². The molecular formula is C26H38O6. The Balaban J connectivity index is 1.58. The van der Waals surface area contributed by atoms with Crippen molar-refractivity contribution in [3.8, 4) is 11.5 Å². The topological polar surface area (TPSA) is 71.1 Å². The van der Waals surface area contributed by atoms with Crippen LogP contribution in [0.25, 0.3) is 0 Å². The minimum absolute atomic E-state index is 0.00612. The van der Waals surface area contributed by atoms with E-state index in [-0.39, 0.29) is 42.8 Å². The maximum atomic E-state index is 12.3. The molecule has 0 N–H and O–H groups in total. The van der Waals surface area contributed by atoms with E-state index in [1.165, 1.54) is 12.8 Å². The average Bonchev–Trinajstić information content (AvgIpc) is 2.77. The minimum atomic E-state index is -0.376. The van der Waals surface area contributed by atoms with Crippen LogP contribution in [0, 0.1) is 0 Å². The van der Waals surface area contributed by atoms with Gasteiger partial charge < -0.3 is 18.9 Å². The molecule has 0 spiro atoms. The highest BCUT2D eigenvalue weighted by Gasteiger charge is 2.22. The van der Waals surface area contributed by atoms with Crippen LogP contribution in [0.1, 0.15) is 90.5 Å². The number of hydrogen-bond acceptors (Lipinski definition) is 6. The Labute approximate surface area is 191 Å². The number of hydrogen-bond donors (Lipinski definition) is 0. The van der Waals surface area contributed by atoms with Crippen LogP contribution < -0.4 is 9.47 Å². The van der Waals surface area contributed by atoms with Gasteiger partial charge in [-0.05, 0) is 74.5 Å². The Hall–Kier alpha value is -2.24. The summed E-state index contributed by atoms with van der Waals surface area (Å²) >= 11 is 0. The van der Waals surface area contributed by atoms with Crippen molar-refractivity contribution in [3.05, 3.63) is 23.8 Å². The van der Waals surface area contributed by atoms with E-state index in [1.807, 2.05) is 12.1 Å². The number of carbonyl (C=O) groups excluding carboxylic acids is 2. The van der Waals surface area contributed by atoms with Crippen LogP contribution >= 0.6 is 0 Å². The van der Waals surface area contributed by atoms with Gasteiger partial charge in [-0.3, -0.25) is 0 Å². The van der Waals surface area contributed by atoms with Crippen molar-refractivity contribution >= 4 is 11.9 Å². The molecule has 6 heteroatoms. The van der Waals surface area contributed by atoms with Gasteiger partial charge in [0.05, 0.1) is 0 Å². The lowest BCUT2D eigenvalue weighted by Crippen LogP contribution is -2.25. The number of esters is 2. The highest BCUT2D eigenvalue weighted by atomic mass is 16.6. The van der Waals surface area contributed by atoms with E-state index in [2.05, 4.69) is 20.8 Å². The average molecular weight is 447 g/mol. The monoisotopic (exact) mass is 446 g/mol. The van der Waals surface area contributed by atoms with Crippen LogP contribution in [0.15, 0.2) is 18.2 Å². The summed E-state index contributed by atoms with van der Waals surface area (Å²) in [6.07, 6.45) is 10.5. The molecule has 32 heavy (non-hydrogen) atoms. The predicted octanol–water partition coefficient (Wildman–Crippen LogP) is 5.49. The smallest absolute Gasteiger partial charge is 0.344 e. The molecule has 1 aromatic carbocycles. The summed E-state index contributed by atoms with van der Waals surface area (Å²) in [6.45, 7) is 5.93. The molecule has 0 saturated heterocycles. The summed E-state index contributed by atoms with van der Waals surface area (Å²) in [6, 6.07) is 5.61. The van der Waals surface area contributed by atoms with Gasteiger partial charge in [0.1, 0.15) is 12.2 Å². The first-order chi connectivity index (χ1) is 15.3. The summed E-state index contributed by atoms with van der Waals surface area (Å²) in [5.41, 5.74) is 0.948. The fourth-order valence-corrected chi connectivity index (χ4v) is 4.29. The number of carbonyl (C=O) groups is 2. The Morgan fingerprint density at radius 2 is 1.22 bits per heavy atom.